The topological polar surface area (TPSA) is 106 Å². The minimum atomic E-state index is -0.726. The number of nitrogens with two attached hydrogens (primary N) is 1. The molecule has 2 aromatic heterocycles. The molecule has 1 aliphatic rings. The second-order valence-corrected chi connectivity index (χ2v) is 4.67. The van der Waals surface area contributed by atoms with E-state index in [1.165, 1.54) is 6.33 Å². The second kappa shape index (κ2) is 4.76. The molecule has 3 heterocycles. The quantitative estimate of drug-likeness (QED) is 0.645. The first-order valence-electron chi connectivity index (χ1n) is 6.17. The molecule has 104 valence electrons. The van der Waals surface area contributed by atoms with Crippen molar-refractivity contribution in [3.05, 3.63) is 18.1 Å². The number of aliphatic hydroxyl groups excluding tert-OH is 2. The van der Waals surface area contributed by atoms with E-state index in [0.717, 1.165) is 0 Å². The van der Waals surface area contributed by atoms with Crippen molar-refractivity contribution in [1.82, 2.24) is 14.5 Å². The molecule has 0 aliphatic carbocycles. The number of aromatic nitrogens is 3. The summed E-state index contributed by atoms with van der Waals surface area (Å²) in [7, 11) is 0. The Hall–Kier alpha value is -2.14. The van der Waals surface area contributed by atoms with Crippen LogP contribution in [0.2, 0.25) is 0 Å². The Kier molecular flexibility index (Phi) is 3.06. The zero-order valence-electron chi connectivity index (χ0n) is 10.6. The van der Waals surface area contributed by atoms with Gasteiger partial charge < -0.3 is 25.3 Å². The summed E-state index contributed by atoms with van der Waals surface area (Å²) in [6, 6.07) is 0. The Bertz CT molecular complexity index is 691. The van der Waals surface area contributed by atoms with Gasteiger partial charge in [-0.15, -0.1) is 6.42 Å². The lowest BCUT2D eigenvalue weighted by Gasteiger charge is -2.14. The van der Waals surface area contributed by atoms with E-state index < -0.39 is 18.4 Å². The largest absolute Gasteiger partial charge is 0.394 e. The van der Waals surface area contributed by atoms with Gasteiger partial charge in [-0.3, -0.25) is 0 Å². The molecule has 0 amide bonds. The standard InChI is InChI=1S/C13H14N4O3/c1-2-7-4-17(10-3-8(19)9(5-18)20-10)13-11(7)12(14)15-6-16-13/h1,4,6,8-10,18-19H,3,5H2,(H2,14,15,16). The maximum absolute atomic E-state index is 9.82. The van der Waals surface area contributed by atoms with Gasteiger partial charge in [0.2, 0.25) is 0 Å². The van der Waals surface area contributed by atoms with E-state index in [4.69, 9.17) is 22.0 Å². The Labute approximate surface area is 115 Å². The SMILES string of the molecule is C#Cc1cn(C2CC(O)C(CO)O2)c2ncnc(N)c12. The first-order chi connectivity index (χ1) is 9.65. The fourth-order valence-electron chi connectivity index (χ4n) is 2.49. The van der Waals surface area contributed by atoms with Gasteiger partial charge in [0, 0.05) is 12.6 Å². The fourth-order valence-corrected chi connectivity index (χ4v) is 2.49. The zero-order chi connectivity index (χ0) is 14.3. The Morgan fingerprint density at radius 2 is 2.35 bits per heavy atom. The van der Waals surface area contributed by atoms with Crippen LogP contribution in [0.1, 0.15) is 18.2 Å². The third-order valence-electron chi connectivity index (χ3n) is 3.49. The van der Waals surface area contributed by atoms with Crippen LogP contribution in [-0.4, -0.2) is 43.6 Å². The lowest BCUT2D eigenvalue weighted by atomic mass is 10.2. The Morgan fingerprint density at radius 3 is 3.00 bits per heavy atom. The second-order valence-electron chi connectivity index (χ2n) is 4.67. The van der Waals surface area contributed by atoms with Crippen molar-refractivity contribution in [3.8, 4) is 12.3 Å². The van der Waals surface area contributed by atoms with Crippen molar-refractivity contribution in [2.75, 3.05) is 12.3 Å². The van der Waals surface area contributed by atoms with Gasteiger partial charge in [-0.25, -0.2) is 9.97 Å². The molecule has 1 fully saturated rings. The lowest BCUT2D eigenvalue weighted by Crippen LogP contribution is -2.24. The predicted octanol–water partition coefficient (Wildman–Crippen LogP) is -0.364. The van der Waals surface area contributed by atoms with Crippen LogP contribution in [-0.2, 0) is 4.74 Å². The number of nitrogens with zero attached hydrogens (tertiary/aromatic N) is 3. The average Bonchev–Trinajstić information content (AvgIpc) is 3.00. The van der Waals surface area contributed by atoms with Gasteiger partial charge in [0.15, 0.2) is 0 Å². The van der Waals surface area contributed by atoms with E-state index in [0.29, 0.717) is 28.8 Å². The van der Waals surface area contributed by atoms with Crippen LogP contribution in [0.25, 0.3) is 11.0 Å². The van der Waals surface area contributed by atoms with Crippen LogP contribution in [0.15, 0.2) is 12.5 Å². The highest BCUT2D eigenvalue weighted by molar-refractivity contribution is 5.92. The molecule has 20 heavy (non-hydrogen) atoms. The van der Waals surface area contributed by atoms with E-state index in [1.807, 2.05) is 0 Å². The highest BCUT2D eigenvalue weighted by atomic mass is 16.5. The number of ether oxygens (including phenoxy) is 1. The summed E-state index contributed by atoms with van der Waals surface area (Å²) in [6.07, 6.45) is 7.10. The van der Waals surface area contributed by atoms with Gasteiger partial charge >= 0.3 is 0 Å². The molecule has 1 saturated heterocycles. The number of anilines is 1. The highest BCUT2D eigenvalue weighted by Gasteiger charge is 2.35. The van der Waals surface area contributed by atoms with Crippen molar-refractivity contribution in [2.45, 2.75) is 24.9 Å². The molecule has 3 unspecified atom stereocenters. The first kappa shape index (κ1) is 12.9. The number of terminal acetylenes is 1. The molecule has 0 spiro atoms. The number of fused-ring (bicyclic) bond motifs is 1. The number of hydrogen-bond donors (Lipinski definition) is 3. The van der Waals surface area contributed by atoms with Gasteiger partial charge in [-0.1, -0.05) is 5.92 Å². The van der Waals surface area contributed by atoms with Crippen molar-refractivity contribution in [2.24, 2.45) is 0 Å². The first-order valence-corrected chi connectivity index (χ1v) is 6.17. The summed E-state index contributed by atoms with van der Waals surface area (Å²) in [5.74, 6) is 2.85. The molecule has 3 rings (SSSR count). The van der Waals surface area contributed by atoms with Crippen molar-refractivity contribution >= 4 is 16.9 Å². The normalized spacial score (nSPS) is 25.9. The van der Waals surface area contributed by atoms with Crippen molar-refractivity contribution in [1.29, 1.82) is 0 Å². The van der Waals surface area contributed by atoms with E-state index in [-0.39, 0.29) is 6.61 Å². The molecular formula is C13H14N4O3. The molecule has 4 N–H and O–H groups in total. The summed E-state index contributed by atoms with van der Waals surface area (Å²) in [6.45, 7) is -0.240. The summed E-state index contributed by atoms with van der Waals surface area (Å²) in [5.41, 5.74) is 6.96. The molecule has 2 aromatic rings. The monoisotopic (exact) mass is 274 g/mol. The fraction of sp³-hybridized carbons (Fsp3) is 0.385. The van der Waals surface area contributed by atoms with Gasteiger partial charge in [0.25, 0.3) is 0 Å². The number of nitrogen functional groups attached to an aromatic ring is 1. The molecule has 7 heteroatoms. The average molecular weight is 274 g/mol. The number of rotatable bonds is 2. The predicted molar refractivity (Wildman–Crippen MR) is 71.5 cm³/mol. The van der Waals surface area contributed by atoms with Gasteiger partial charge in [-0.05, 0) is 0 Å². The molecular weight excluding hydrogens is 260 g/mol. The number of aliphatic hydroxyl groups is 2. The third kappa shape index (κ3) is 1.82. The van der Waals surface area contributed by atoms with Gasteiger partial charge in [0.05, 0.1) is 23.7 Å². The maximum atomic E-state index is 9.82. The minimum Gasteiger partial charge on any atom is -0.394 e. The molecule has 0 radical (unpaired) electrons. The highest BCUT2D eigenvalue weighted by Crippen LogP contribution is 2.33. The van der Waals surface area contributed by atoms with Crippen molar-refractivity contribution < 1.29 is 14.9 Å². The van der Waals surface area contributed by atoms with Gasteiger partial charge in [-0.2, -0.15) is 0 Å². The van der Waals surface area contributed by atoms with Crippen LogP contribution in [0.5, 0.6) is 0 Å². The molecule has 1 aliphatic heterocycles. The van der Waals surface area contributed by atoms with E-state index >= 15 is 0 Å². The van der Waals surface area contributed by atoms with Crippen LogP contribution in [0.4, 0.5) is 5.82 Å². The molecule has 3 atom stereocenters. The van der Waals surface area contributed by atoms with Crippen LogP contribution in [0.3, 0.4) is 0 Å². The Morgan fingerprint density at radius 1 is 1.55 bits per heavy atom. The van der Waals surface area contributed by atoms with Crippen LogP contribution in [0, 0.1) is 12.3 Å². The molecule has 7 nitrogen and oxygen atoms in total. The minimum absolute atomic E-state index is 0.240. The molecule has 0 bridgehead atoms. The summed E-state index contributed by atoms with van der Waals surface area (Å²) in [4.78, 5) is 8.11. The Balaban J connectivity index is 2.10. The third-order valence-corrected chi connectivity index (χ3v) is 3.49. The zero-order valence-corrected chi connectivity index (χ0v) is 10.6. The lowest BCUT2D eigenvalue weighted by molar-refractivity contribution is -0.0430. The smallest absolute Gasteiger partial charge is 0.148 e. The summed E-state index contributed by atoms with van der Waals surface area (Å²) in [5, 5.41) is 19.6. The van der Waals surface area contributed by atoms with E-state index in [2.05, 4.69) is 15.9 Å². The van der Waals surface area contributed by atoms with Gasteiger partial charge in [0.1, 0.15) is 30.1 Å². The van der Waals surface area contributed by atoms with E-state index in [1.54, 1.807) is 10.8 Å². The van der Waals surface area contributed by atoms with Crippen molar-refractivity contribution in [3.63, 3.8) is 0 Å². The number of hydrogen-bond acceptors (Lipinski definition) is 6. The summed E-state index contributed by atoms with van der Waals surface area (Å²) >= 11 is 0. The van der Waals surface area contributed by atoms with E-state index in [9.17, 15) is 5.11 Å². The van der Waals surface area contributed by atoms with Crippen LogP contribution < -0.4 is 5.73 Å². The maximum Gasteiger partial charge on any atom is 0.148 e. The molecule has 0 aromatic carbocycles. The summed E-state index contributed by atoms with van der Waals surface area (Å²) < 4.78 is 7.33. The van der Waals surface area contributed by atoms with Crippen LogP contribution >= 0.6 is 0 Å². The molecule has 0 saturated carbocycles.